The molecule has 3 atom stereocenters. The fourth-order valence-electron chi connectivity index (χ4n) is 4.71. The van der Waals surface area contributed by atoms with Crippen LogP contribution in [-0.2, 0) is 4.79 Å². The zero-order valence-electron chi connectivity index (χ0n) is 15.8. The molecule has 0 bridgehead atoms. The van der Waals surface area contributed by atoms with E-state index in [0.29, 0.717) is 12.1 Å². The molecule has 25 heavy (non-hydrogen) atoms. The zero-order valence-corrected chi connectivity index (χ0v) is 18.1. The molecule has 144 valence electrons. The van der Waals surface area contributed by atoms with E-state index < -0.39 is 0 Å². The SMILES string of the molecule is CN(C)C(=O)CN=C(NC1CCCC1)NC1CCC2CCCC2C1.I. The first-order chi connectivity index (χ1) is 11.6. The summed E-state index contributed by atoms with van der Waals surface area (Å²) in [5.74, 6) is 2.80. The minimum absolute atomic E-state index is 0. The van der Waals surface area contributed by atoms with Gasteiger partial charge in [0.05, 0.1) is 0 Å². The fourth-order valence-corrected chi connectivity index (χ4v) is 4.71. The van der Waals surface area contributed by atoms with Gasteiger partial charge in [0.1, 0.15) is 6.54 Å². The molecule has 3 aliphatic carbocycles. The smallest absolute Gasteiger partial charge is 0.243 e. The number of carbonyl (C=O) groups is 1. The number of nitrogens with zero attached hydrogens (tertiary/aromatic N) is 2. The second-order valence-electron chi connectivity index (χ2n) is 8.18. The number of hydrogen-bond donors (Lipinski definition) is 2. The maximum atomic E-state index is 11.9. The number of hydrogen-bond acceptors (Lipinski definition) is 2. The van der Waals surface area contributed by atoms with Gasteiger partial charge in [0.15, 0.2) is 5.96 Å². The topological polar surface area (TPSA) is 56.7 Å². The van der Waals surface area contributed by atoms with Crippen molar-refractivity contribution in [3.05, 3.63) is 0 Å². The Hall–Kier alpha value is -0.530. The third-order valence-electron chi connectivity index (χ3n) is 6.20. The molecule has 3 unspecified atom stereocenters. The average Bonchev–Trinajstić information content (AvgIpc) is 3.22. The first-order valence-corrected chi connectivity index (χ1v) is 9.89. The van der Waals surface area contributed by atoms with E-state index in [4.69, 9.17) is 0 Å². The molecule has 2 N–H and O–H groups in total. The third-order valence-corrected chi connectivity index (χ3v) is 6.20. The number of halogens is 1. The highest BCUT2D eigenvalue weighted by Gasteiger charge is 2.34. The lowest BCUT2D eigenvalue weighted by molar-refractivity contribution is -0.127. The molecular formula is C19H35IN4O. The highest BCUT2D eigenvalue weighted by Crippen LogP contribution is 2.42. The van der Waals surface area contributed by atoms with Crippen LogP contribution in [0, 0.1) is 11.8 Å². The molecule has 0 spiro atoms. The summed E-state index contributed by atoms with van der Waals surface area (Å²) in [5.41, 5.74) is 0. The third kappa shape index (κ3) is 6.00. The van der Waals surface area contributed by atoms with Crippen LogP contribution >= 0.6 is 24.0 Å². The molecular weight excluding hydrogens is 427 g/mol. The molecule has 0 saturated heterocycles. The summed E-state index contributed by atoms with van der Waals surface area (Å²) in [5, 5.41) is 7.24. The zero-order chi connectivity index (χ0) is 16.9. The Morgan fingerprint density at radius 1 is 0.920 bits per heavy atom. The van der Waals surface area contributed by atoms with E-state index in [9.17, 15) is 4.79 Å². The van der Waals surface area contributed by atoms with Crippen LogP contribution < -0.4 is 10.6 Å². The Bertz CT molecular complexity index is 462. The molecule has 3 rings (SSSR count). The van der Waals surface area contributed by atoms with Crippen molar-refractivity contribution < 1.29 is 4.79 Å². The summed E-state index contributed by atoms with van der Waals surface area (Å²) in [6, 6.07) is 1.04. The van der Waals surface area contributed by atoms with E-state index in [2.05, 4.69) is 15.6 Å². The van der Waals surface area contributed by atoms with Crippen LogP contribution in [0.15, 0.2) is 4.99 Å². The second kappa shape index (κ2) is 9.97. The Morgan fingerprint density at radius 2 is 1.60 bits per heavy atom. The maximum absolute atomic E-state index is 11.9. The fraction of sp³-hybridized carbons (Fsp3) is 0.895. The van der Waals surface area contributed by atoms with E-state index in [1.807, 2.05) is 0 Å². The van der Waals surface area contributed by atoms with E-state index >= 15 is 0 Å². The van der Waals surface area contributed by atoms with E-state index in [1.165, 1.54) is 64.2 Å². The summed E-state index contributed by atoms with van der Waals surface area (Å²) in [4.78, 5) is 18.1. The van der Waals surface area contributed by atoms with Crippen molar-refractivity contribution in [3.8, 4) is 0 Å². The summed E-state index contributed by atoms with van der Waals surface area (Å²) in [6.45, 7) is 0.230. The number of carbonyl (C=O) groups excluding carboxylic acids is 1. The van der Waals surface area contributed by atoms with E-state index in [0.717, 1.165) is 17.8 Å². The molecule has 0 radical (unpaired) electrons. The lowest BCUT2D eigenvalue weighted by Gasteiger charge is -2.33. The summed E-state index contributed by atoms with van der Waals surface area (Å²) >= 11 is 0. The van der Waals surface area contributed by atoms with Crippen LogP contribution in [0.2, 0.25) is 0 Å². The standard InChI is InChI=1S/C19H34N4O.HI/c1-23(2)18(24)13-20-19(21-16-8-3-4-9-16)22-17-11-10-14-6-5-7-15(14)12-17;/h14-17H,3-13H2,1-2H3,(H2,20,21,22);1H. The second-order valence-corrected chi connectivity index (χ2v) is 8.18. The van der Waals surface area contributed by atoms with Gasteiger partial charge in [-0.2, -0.15) is 0 Å². The Kier molecular flexibility index (Phi) is 8.29. The van der Waals surface area contributed by atoms with Gasteiger partial charge in [-0.1, -0.05) is 32.1 Å². The van der Waals surface area contributed by atoms with Crippen LogP contribution in [0.25, 0.3) is 0 Å². The number of nitrogens with one attached hydrogen (secondary N) is 2. The maximum Gasteiger partial charge on any atom is 0.243 e. The first-order valence-electron chi connectivity index (χ1n) is 9.89. The van der Waals surface area contributed by atoms with Gasteiger partial charge in [0, 0.05) is 26.2 Å². The Morgan fingerprint density at radius 3 is 2.32 bits per heavy atom. The largest absolute Gasteiger partial charge is 0.354 e. The van der Waals surface area contributed by atoms with Gasteiger partial charge in [-0.05, 0) is 43.9 Å². The van der Waals surface area contributed by atoms with Gasteiger partial charge in [-0.25, -0.2) is 4.99 Å². The van der Waals surface area contributed by atoms with Crippen molar-refractivity contribution in [2.45, 2.75) is 76.3 Å². The summed E-state index contributed by atoms with van der Waals surface area (Å²) < 4.78 is 0. The molecule has 5 nitrogen and oxygen atoms in total. The number of amides is 1. The van der Waals surface area contributed by atoms with Gasteiger partial charge in [-0.3, -0.25) is 4.79 Å². The Balaban J connectivity index is 0.00000225. The van der Waals surface area contributed by atoms with Crippen LogP contribution in [0.3, 0.4) is 0 Å². The molecule has 6 heteroatoms. The quantitative estimate of drug-likeness (QED) is 0.384. The lowest BCUT2D eigenvalue weighted by atomic mass is 9.79. The van der Waals surface area contributed by atoms with Gasteiger partial charge >= 0.3 is 0 Å². The minimum Gasteiger partial charge on any atom is -0.354 e. The molecule has 3 aliphatic rings. The monoisotopic (exact) mass is 462 g/mol. The molecule has 1 amide bonds. The number of rotatable bonds is 4. The highest BCUT2D eigenvalue weighted by molar-refractivity contribution is 14.0. The molecule has 3 saturated carbocycles. The van der Waals surface area contributed by atoms with Gasteiger partial charge in [0.25, 0.3) is 0 Å². The average molecular weight is 462 g/mol. The van der Waals surface area contributed by atoms with Gasteiger partial charge in [0.2, 0.25) is 5.91 Å². The highest BCUT2D eigenvalue weighted by atomic mass is 127. The van der Waals surface area contributed by atoms with Crippen molar-refractivity contribution in [1.29, 1.82) is 0 Å². The van der Waals surface area contributed by atoms with E-state index in [-0.39, 0.29) is 36.4 Å². The normalized spacial score (nSPS) is 29.7. The number of aliphatic imine (C=N–C) groups is 1. The van der Waals surface area contributed by atoms with Crippen LogP contribution in [0.5, 0.6) is 0 Å². The van der Waals surface area contributed by atoms with Crippen molar-refractivity contribution in [3.63, 3.8) is 0 Å². The first kappa shape index (κ1) is 20.8. The minimum atomic E-state index is 0. The van der Waals surface area contributed by atoms with Crippen molar-refractivity contribution >= 4 is 35.8 Å². The molecule has 0 aromatic carbocycles. The van der Waals surface area contributed by atoms with Gasteiger partial charge in [-0.15, -0.1) is 24.0 Å². The van der Waals surface area contributed by atoms with E-state index in [1.54, 1.807) is 19.0 Å². The number of fused-ring (bicyclic) bond motifs is 1. The predicted molar refractivity (Wildman–Crippen MR) is 113 cm³/mol. The Labute approximate surface area is 169 Å². The molecule has 3 fully saturated rings. The number of guanidine groups is 1. The van der Waals surface area contributed by atoms with Crippen LogP contribution in [0.1, 0.15) is 64.2 Å². The van der Waals surface area contributed by atoms with Crippen molar-refractivity contribution in [2.24, 2.45) is 16.8 Å². The molecule has 0 aromatic rings. The van der Waals surface area contributed by atoms with Crippen LogP contribution in [-0.4, -0.2) is 49.5 Å². The molecule has 0 heterocycles. The van der Waals surface area contributed by atoms with Crippen molar-refractivity contribution in [2.75, 3.05) is 20.6 Å². The summed E-state index contributed by atoms with van der Waals surface area (Å²) in [6.07, 6.45) is 13.2. The van der Waals surface area contributed by atoms with Crippen molar-refractivity contribution in [1.82, 2.24) is 15.5 Å². The number of likely N-dealkylation sites (N-methyl/N-ethyl adjacent to an activating group) is 1. The molecule has 0 aromatic heterocycles. The summed E-state index contributed by atoms with van der Waals surface area (Å²) in [7, 11) is 3.58. The van der Waals surface area contributed by atoms with Gasteiger partial charge < -0.3 is 15.5 Å². The lowest BCUT2D eigenvalue weighted by Crippen LogP contribution is -2.49. The van der Waals surface area contributed by atoms with Crippen LogP contribution in [0.4, 0.5) is 0 Å². The molecule has 0 aliphatic heterocycles. The predicted octanol–water partition coefficient (Wildman–Crippen LogP) is 3.14.